The number of halogens is 1. The molecule has 2 N–H and O–H groups in total. The maximum Gasteiger partial charge on any atom is 0.110 e. The van der Waals surface area contributed by atoms with Gasteiger partial charge in [-0.1, -0.05) is 22.9 Å². The molecule has 1 atom stereocenters. The van der Waals surface area contributed by atoms with Gasteiger partial charge in [0.15, 0.2) is 0 Å². The Kier molecular flexibility index (Phi) is 6.57. The maximum atomic E-state index is 9.82. The van der Waals surface area contributed by atoms with Gasteiger partial charge in [-0.15, -0.1) is 5.10 Å². The molecule has 4 aromatic rings. The lowest BCUT2D eigenvalue weighted by Crippen LogP contribution is -2.31. The van der Waals surface area contributed by atoms with Crippen LogP contribution in [0.2, 0.25) is 5.02 Å². The van der Waals surface area contributed by atoms with Crippen molar-refractivity contribution in [1.29, 1.82) is 5.26 Å². The normalized spacial score (nSPS) is 17.2. The number of hydrogen-bond acceptors (Lipinski definition) is 9. The van der Waals surface area contributed by atoms with Crippen molar-refractivity contribution in [3.05, 3.63) is 70.9 Å². The first-order valence-corrected chi connectivity index (χ1v) is 12.6. The molecule has 2 saturated heterocycles. The molecular formula is C26H25ClN8O2. The standard InChI is InChI=1S/C26H25ClN8O2/c27-22-9-19(8-21-24(17(10-28)12-30-26(21)22)31-18-3-6-36-7-4-18)32-25(16-2-1-5-29-11-16)23-13-35(34-33-23)20-14-37-15-20/h1-2,5,8-9,11-13,18,20,25,32H,3-4,6-7,14-15H2,(H,30,31). The zero-order valence-corrected chi connectivity index (χ0v) is 20.7. The molecule has 0 spiro atoms. The summed E-state index contributed by atoms with van der Waals surface area (Å²) in [6.45, 7) is 2.64. The van der Waals surface area contributed by atoms with Gasteiger partial charge >= 0.3 is 0 Å². The van der Waals surface area contributed by atoms with Crippen LogP contribution in [-0.2, 0) is 9.47 Å². The fourth-order valence-corrected chi connectivity index (χ4v) is 4.92. The van der Waals surface area contributed by atoms with Crippen molar-refractivity contribution in [1.82, 2.24) is 25.0 Å². The van der Waals surface area contributed by atoms with Crippen LogP contribution in [0.1, 0.15) is 41.7 Å². The first-order chi connectivity index (χ1) is 18.2. The van der Waals surface area contributed by atoms with Crippen LogP contribution in [0.15, 0.2) is 49.1 Å². The van der Waals surface area contributed by atoms with Crippen LogP contribution in [-0.4, -0.2) is 57.4 Å². The Morgan fingerprint density at radius 3 is 2.76 bits per heavy atom. The van der Waals surface area contributed by atoms with E-state index in [1.807, 2.05) is 35.1 Å². The first-order valence-electron chi connectivity index (χ1n) is 12.2. The minimum atomic E-state index is -0.323. The molecule has 11 heteroatoms. The summed E-state index contributed by atoms with van der Waals surface area (Å²) < 4.78 is 12.7. The SMILES string of the molecule is N#Cc1cnc2c(Cl)cc(NC(c3cccnc3)c3cn(C4COC4)nn3)cc2c1NC1CCOCC1. The van der Waals surface area contributed by atoms with Crippen molar-refractivity contribution in [2.45, 2.75) is 31.0 Å². The van der Waals surface area contributed by atoms with Crippen molar-refractivity contribution in [2.75, 3.05) is 37.1 Å². The molecule has 1 aromatic carbocycles. The molecular weight excluding hydrogens is 492 g/mol. The largest absolute Gasteiger partial charge is 0.381 e. The molecule has 0 saturated carbocycles. The van der Waals surface area contributed by atoms with Crippen LogP contribution < -0.4 is 10.6 Å². The van der Waals surface area contributed by atoms with E-state index in [4.69, 9.17) is 21.1 Å². The molecule has 2 aliphatic heterocycles. The summed E-state index contributed by atoms with van der Waals surface area (Å²) in [7, 11) is 0. The highest BCUT2D eigenvalue weighted by Gasteiger charge is 2.25. The lowest BCUT2D eigenvalue weighted by atomic mass is 10.0. The predicted octanol–water partition coefficient (Wildman–Crippen LogP) is 4.11. The molecule has 6 rings (SSSR count). The van der Waals surface area contributed by atoms with E-state index in [0.29, 0.717) is 42.5 Å². The van der Waals surface area contributed by atoms with Crippen LogP contribution in [0.3, 0.4) is 0 Å². The number of rotatable bonds is 7. The number of fused-ring (bicyclic) bond motifs is 1. The summed E-state index contributed by atoms with van der Waals surface area (Å²) >= 11 is 6.73. The average Bonchev–Trinajstić information content (AvgIpc) is 3.37. The van der Waals surface area contributed by atoms with E-state index in [-0.39, 0.29) is 18.1 Å². The number of hydrogen-bond donors (Lipinski definition) is 2. The number of nitrogens with zero attached hydrogens (tertiary/aromatic N) is 6. The van der Waals surface area contributed by atoms with Gasteiger partial charge in [0.1, 0.15) is 17.8 Å². The molecule has 3 aromatic heterocycles. The molecule has 37 heavy (non-hydrogen) atoms. The predicted molar refractivity (Wildman–Crippen MR) is 139 cm³/mol. The molecule has 0 bridgehead atoms. The van der Waals surface area contributed by atoms with Gasteiger partial charge in [-0.3, -0.25) is 9.97 Å². The van der Waals surface area contributed by atoms with Gasteiger partial charge in [0.05, 0.1) is 47.2 Å². The fraction of sp³-hybridized carbons (Fsp3) is 0.346. The smallest absolute Gasteiger partial charge is 0.110 e. The Bertz CT molecular complexity index is 1440. The fourth-order valence-electron chi connectivity index (χ4n) is 4.65. The van der Waals surface area contributed by atoms with Crippen LogP contribution in [0, 0.1) is 11.3 Å². The summed E-state index contributed by atoms with van der Waals surface area (Å²) in [5, 5.41) is 27.0. The molecule has 1 unspecified atom stereocenters. The van der Waals surface area contributed by atoms with Crippen molar-refractivity contribution in [2.24, 2.45) is 0 Å². The minimum absolute atomic E-state index is 0.195. The molecule has 10 nitrogen and oxygen atoms in total. The number of anilines is 2. The zero-order chi connectivity index (χ0) is 25.2. The van der Waals surface area contributed by atoms with Crippen molar-refractivity contribution in [3.63, 3.8) is 0 Å². The van der Waals surface area contributed by atoms with E-state index >= 15 is 0 Å². The molecule has 0 radical (unpaired) electrons. The van der Waals surface area contributed by atoms with E-state index < -0.39 is 0 Å². The molecule has 2 aliphatic rings. The Labute approximate surface area is 218 Å². The summed E-state index contributed by atoms with van der Waals surface area (Å²) in [6, 6.07) is 10.0. The molecule has 0 aliphatic carbocycles. The Morgan fingerprint density at radius 2 is 2.03 bits per heavy atom. The number of benzene rings is 1. The third-order valence-corrected chi connectivity index (χ3v) is 7.05. The van der Waals surface area contributed by atoms with Gasteiger partial charge in [0, 0.05) is 48.9 Å². The molecule has 2 fully saturated rings. The number of nitriles is 1. The topological polar surface area (TPSA) is 123 Å². The highest BCUT2D eigenvalue weighted by atomic mass is 35.5. The van der Waals surface area contributed by atoms with Gasteiger partial charge in [-0.25, -0.2) is 4.68 Å². The van der Waals surface area contributed by atoms with Crippen LogP contribution in [0.25, 0.3) is 10.9 Å². The lowest BCUT2D eigenvalue weighted by Gasteiger charge is -2.26. The maximum absolute atomic E-state index is 9.82. The van der Waals surface area contributed by atoms with Crippen molar-refractivity contribution >= 4 is 33.9 Å². The number of aromatic nitrogens is 5. The van der Waals surface area contributed by atoms with Crippen LogP contribution >= 0.6 is 11.6 Å². The van der Waals surface area contributed by atoms with E-state index in [2.05, 4.69) is 37.0 Å². The second-order valence-corrected chi connectivity index (χ2v) is 9.63. The van der Waals surface area contributed by atoms with Crippen molar-refractivity contribution < 1.29 is 9.47 Å². The van der Waals surface area contributed by atoms with E-state index in [1.165, 1.54) is 0 Å². The Morgan fingerprint density at radius 1 is 1.16 bits per heavy atom. The quantitative estimate of drug-likeness (QED) is 0.373. The van der Waals surface area contributed by atoms with Gasteiger partial charge in [-0.2, -0.15) is 5.26 Å². The summed E-state index contributed by atoms with van der Waals surface area (Å²) in [6.07, 6.45) is 8.78. The van der Waals surface area contributed by atoms with E-state index in [0.717, 1.165) is 40.9 Å². The Hall–Kier alpha value is -3.78. The first kappa shape index (κ1) is 23.6. The van der Waals surface area contributed by atoms with Crippen molar-refractivity contribution in [3.8, 4) is 6.07 Å². The molecule has 5 heterocycles. The van der Waals surface area contributed by atoms with Crippen LogP contribution in [0.5, 0.6) is 0 Å². The highest BCUT2D eigenvalue weighted by molar-refractivity contribution is 6.35. The monoisotopic (exact) mass is 516 g/mol. The van der Waals surface area contributed by atoms with Gasteiger partial charge in [-0.05, 0) is 36.6 Å². The summed E-state index contributed by atoms with van der Waals surface area (Å²) in [4.78, 5) is 8.79. The minimum Gasteiger partial charge on any atom is -0.381 e. The lowest BCUT2D eigenvalue weighted by molar-refractivity contribution is -0.0293. The summed E-state index contributed by atoms with van der Waals surface area (Å²) in [5.74, 6) is 0. The third-order valence-electron chi connectivity index (χ3n) is 6.76. The van der Waals surface area contributed by atoms with E-state index in [9.17, 15) is 5.26 Å². The second kappa shape index (κ2) is 10.3. The van der Waals surface area contributed by atoms with Crippen LogP contribution in [0.4, 0.5) is 11.4 Å². The van der Waals surface area contributed by atoms with E-state index in [1.54, 1.807) is 18.6 Å². The van der Waals surface area contributed by atoms with Gasteiger partial charge < -0.3 is 20.1 Å². The number of pyridine rings is 2. The number of nitrogens with one attached hydrogen (secondary N) is 2. The Balaban J connectivity index is 1.39. The number of ether oxygens (including phenoxy) is 2. The molecule has 0 amide bonds. The average molecular weight is 517 g/mol. The highest BCUT2D eigenvalue weighted by Crippen LogP contribution is 2.36. The zero-order valence-electron chi connectivity index (χ0n) is 20.0. The van der Waals surface area contributed by atoms with Gasteiger partial charge in [0.2, 0.25) is 0 Å². The third kappa shape index (κ3) is 4.81. The summed E-state index contributed by atoms with van der Waals surface area (Å²) in [5.41, 5.74) is 4.29. The second-order valence-electron chi connectivity index (χ2n) is 9.22. The van der Waals surface area contributed by atoms with Gasteiger partial charge in [0.25, 0.3) is 0 Å². The molecule has 188 valence electrons.